The molecular formula is C11H13ClN4O4S. The lowest BCUT2D eigenvalue weighted by atomic mass is 10.2. The van der Waals surface area contributed by atoms with Crippen LogP contribution in [-0.4, -0.2) is 50.0 Å². The Bertz CT molecular complexity index is 759. The molecule has 0 fully saturated rings. The molecule has 0 bridgehead atoms. The number of fused-ring (bicyclic) bond motifs is 1. The van der Waals surface area contributed by atoms with Crippen LogP contribution in [0.15, 0.2) is 21.7 Å². The third-order valence-electron chi connectivity index (χ3n) is 2.82. The van der Waals surface area contributed by atoms with Crippen LogP contribution in [0.4, 0.5) is 5.69 Å². The predicted molar refractivity (Wildman–Crippen MR) is 76.6 cm³/mol. The maximum Gasteiger partial charge on any atom is 0.244 e. The van der Waals surface area contributed by atoms with E-state index in [-0.39, 0.29) is 28.9 Å². The maximum absolute atomic E-state index is 12.2. The molecule has 2 rings (SSSR count). The van der Waals surface area contributed by atoms with Crippen molar-refractivity contribution in [3.8, 4) is 0 Å². The van der Waals surface area contributed by atoms with E-state index in [0.29, 0.717) is 5.69 Å². The van der Waals surface area contributed by atoms with E-state index in [1.165, 1.54) is 30.6 Å². The Balaban J connectivity index is 2.56. The smallest absolute Gasteiger partial charge is 0.244 e. The van der Waals surface area contributed by atoms with E-state index in [2.05, 4.69) is 14.9 Å². The molecular weight excluding hydrogens is 320 g/mol. The van der Waals surface area contributed by atoms with Crippen molar-refractivity contribution in [3.63, 3.8) is 0 Å². The number of carbonyl (C=O) groups is 1. The van der Waals surface area contributed by atoms with E-state index < -0.39 is 10.0 Å². The van der Waals surface area contributed by atoms with Crippen LogP contribution in [0, 0.1) is 0 Å². The first-order valence-corrected chi connectivity index (χ1v) is 7.72. The zero-order chi connectivity index (χ0) is 15.6. The van der Waals surface area contributed by atoms with E-state index in [9.17, 15) is 13.2 Å². The van der Waals surface area contributed by atoms with E-state index in [1.54, 1.807) is 0 Å². The number of rotatable bonds is 6. The molecule has 8 nitrogen and oxygen atoms in total. The minimum absolute atomic E-state index is 0.0204. The van der Waals surface area contributed by atoms with E-state index >= 15 is 0 Å². The molecule has 0 N–H and O–H groups in total. The predicted octanol–water partition coefficient (Wildman–Crippen LogP) is 1.02. The van der Waals surface area contributed by atoms with Gasteiger partial charge >= 0.3 is 0 Å². The number of carbonyl (C=O) groups excluding carboxylic acids is 1. The Hall–Kier alpha value is -1.71. The number of benzene rings is 1. The molecule has 0 atom stereocenters. The van der Waals surface area contributed by atoms with Crippen LogP contribution in [0.1, 0.15) is 6.42 Å². The number of hydrogen-bond acceptors (Lipinski definition) is 7. The molecule has 0 saturated heterocycles. The van der Waals surface area contributed by atoms with Gasteiger partial charge in [0.15, 0.2) is 11.0 Å². The van der Waals surface area contributed by atoms with Gasteiger partial charge in [-0.3, -0.25) is 4.42 Å². The summed E-state index contributed by atoms with van der Waals surface area (Å²) in [6, 6.07) is 2.88. The van der Waals surface area contributed by atoms with Crippen molar-refractivity contribution < 1.29 is 17.8 Å². The summed E-state index contributed by atoms with van der Waals surface area (Å²) in [4.78, 5) is 10.4. The maximum atomic E-state index is 12.2. The van der Waals surface area contributed by atoms with Gasteiger partial charge in [0, 0.05) is 38.8 Å². The van der Waals surface area contributed by atoms with Gasteiger partial charge < -0.3 is 4.79 Å². The molecule has 0 aliphatic rings. The van der Waals surface area contributed by atoms with Crippen molar-refractivity contribution >= 4 is 44.8 Å². The van der Waals surface area contributed by atoms with Gasteiger partial charge in [0.1, 0.15) is 11.2 Å². The molecule has 1 aromatic carbocycles. The summed E-state index contributed by atoms with van der Waals surface area (Å²) >= 11 is 6.06. The second-order valence-electron chi connectivity index (χ2n) is 4.37. The van der Waals surface area contributed by atoms with Crippen molar-refractivity contribution in [2.24, 2.45) is 0 Å². The number of nitrogens with zero attached hydrogens (tertiary/aromatic N) is 4. The summed E-state index contributed by atoms with van der Waals surface area (Å²) in [6.45, 7) is 0.257. The number of aromatic nitrogens is 2. The monoisotopic (exact) mass is 332 g/mol. The fourth-order valence-electron chi connectivity index (χ4n) is 1.72. The second kappa shape index (κ2) is 5.96. The highest BCUT2D eigenvalue weighted by molar-refractivity contribution is 7.89. The summed E-state index contributed by atoms with van der Waals surface area (Å²) in [6.07, 6.45) is 0.965. The molecule has 0 unspecified atom stereocenters. The van der Waals surface area contributed by atoms with Crippen LogP contribution < -0.4 is 4.42 Å². The average Bonchev–Trinajstić information content (AvgIpc) is 2.92. The highest BCUT2D eigenvalue weighted by Gasteiger charge is 2.25. The van der Waals surface area contributed by atoms with Gasteiger partial charge in [-0.15, -0.1) is 0 Å². The molecule has 0 saturated carbocycles. The van der Waals surface area contributed by atoms with Gasteiger partial charge in [-0.25, -0.2) is 17.4 Å². The number of sulfonamides is 1. The molecule has 1 heterocycles. The summed E-state index contributed by atoms with van der Waals surface area (Å²) in [7, 11) is -0.845. The normalized spacial score (nSPS) is 12.0. The number of halogens is 1. The molecule has 0 amide bonds. The molecule has 21 heavy (non-hydrogen) atoms. The van der Waals surface area contributed by atoms with E-state index in [4.69, 9.17) is 11.8 Å². The fraction of sp³-hybridized carbons (Fsp3) is 0.364. The summed E-state index contributed by atoms with van der Waals surface area (Å²) in [5.41, 5.74) is 0.740. The number of aldehydes is 1. The van der Waals surface area contributed by atoms with Gasteiger partial charge in [-0.05, 0) is 22.4 Å². The van der Waals surface area contributed by atoms with Crippen molar-refractivity contribution in [3.05, 3.63) is 12.1 Å². The molecule has 1 aromatic heterocycles. The minimum atomic E-state index is -3.68. The minimum Gasteiger partial charge on any atom is -0.303 e. The second-order valence-corrected chi connectivity index (χ2v) is 6.90. The average molecular weight is 333 g/mol. The van der Waals surface area contributed by atoms with Crippen LogP contribution in [-0.2, 0) is 14.8 Å². The molecule has 0 aliphatic heterocycles. The highest BCUT2D eigenvalue weighted by Crippen LogP contribution is 2.31. The lowest BCUT2D eigenvalue weighted by Gasteiger charge is -2.16. The number of anilines is 1. The molecule has 0 spiro atoms. The van der Waals surface area contributed by atoms with Gasteiger partial charge in [0.05, 0.1) is 5.69 Å². The Kier molecular flexibility index (Phi) is 4.45. The van der Waals surface area contributed by atoms with Crippen molar-refractivity contribution in [2.45, 2.75) is 11.3 Å². The summed E-state index contributed by atoms with van der Waals surface area (Å²) < 4.78 is 31.4. The standard InChI is InChI=1S/C11H13ClN4O4S/c1-15(2)21(18,19)9-5-4-8(16(12)6-3-7-17)10-11(9)14-20-13-10/h4-5,7H,3,6H2,1-2H3. The largest absolute Gasteiger partial charge is 0.303 e. The quantitative estimate of drug-likeness (QED) is 0.575. The molecule has 10 heteroatoms. The first kappa shape index (κ1) is 15.7. The molecule has 2 aromatic rings. The summed E-state index contributed by atoms with van der Waals surface area (Å²) in [5.74, 6) is 0. The third-order valence-corrected chi connectivity index (χ3v) is 5.02. The van der Waals surface area contributed by atoms with E-state index in [0.717, 1.165) is 10.6 Å². The van der Waals surface area contributed by atoms with Crippen LogP contribution >= 0.6 is 11.8 Å². The molecule has 114 valence electrons. The van der Waals surface area contributed by atoms with E-state index in [1.807, 2.05) is 0 Å². The third kappa shape index (κ3) is 2.85. The lowest BCUT2D eigenvalue weighted by molar-refractivity contribution is -0.107. The topological polar surface area (TPSA) is 96.6 Å². The molecule has 0 aliphatic carbocycles. The van der Waals surface area contributed by atoms with Crippen molar-refractivity contribution in [1.82, 2.24) is 14.6 Å². The van der Waals surface area contributed by atoms with Crippen LogP contribution in [0.2, 0.25) is 0 Å². The van der Waals surface area contributed by atoms with Gasteiger partial charge in [-0.2, -0.15) is 0 Å². The Morgan fingerprint density at radius 1 is 1.29 bits per heavy atom. The SMILES string of the molecule is CN(C)S(=O)(=O)c1ccc(N(Cl)CCC=O)c2nonc12. The van der Waals surface area contributed by atoms with Gasteiger partial charge in [0.25, 0.3) is 0 Å². The summed E-state index contributed by atoms with van der Waals surface area (Å²) in [5, 5.41) is 7.34. The Morgan fingerprint density at radius 3 is 2.57 bits per heavy atom. The fourth-order valence-corrected chi connectivity index (χ4v) is 2.96. The van der Waals surface area contributed by atoms with Crippen LogP contribution in [0.5, 0.6) is 0 Å². The zero-order valence-electron chi connectivity index (χ0n) is 11.4. The van der Waals surface area contributed by atoms with Gasteiger partial charge in [-0.1, -0.05) is 0 Å². The Morgan fingerprint density at radius 2 is 1.95 bits per heavy atom. The van der Waals surface area contributed by atoms with Crippen molar-refractivity contribution in [2.75, 3.05) is 25.1 Å². The Labute approximate surface area is 126 Å². The van der Waals surface area contributed by atoms with Crippen LogP contribution in [0.25, 0.3) is 11.0 Å². The first-order valence-electron chi connectivity index (χ1n) is 5.94. The molecule has 0 radical (unpaired) electrons. The van der Waals surface area contributed by atoms with Crippen LogP contribution in [0.3, 0.4) is 0 Å². The first-order chi connectivity index (χ1) is 9.89. The zero-order valence-corrected chi connectivity index (χ0v) is 12.9. The highest BCUT2D eigenvalue weighted by atomic mass is 35.5. The van der Waals surface area contributed by atoms with Gasteiger partial charge in [0.2, 0.25) is 10.0 Å². The lowest BCUT2D eigenvalue weighted by Crippen LogP contribution is -2.22. The number of hydrogen-bond donors (Lipinski definition) is 0. The van der Waals surface area contributed by atoms with Crippen molar-refractivity contribution in [1.29, 1.82) is 0 Å².